The highest BCUT2D eigenvalue weighted by Crippen LogP contribution is 2.37. The zero-order chi connectivity index (χ0) is 28.6. The lowest BCUT2D eigenvalue weighted by Gasteiger charge is -2.19. The van der Waals surface area contributed by atoms with Crippen LogP contribution in [0.2, 0.25) is 0 Å². The predicted octanol–water partition coefficient (Wildman–Crippen LogP) is 11.7. The molecule has 6 rings (SSSR count). The Morgan fingerprint density at radius 3 is 1.98 bits per heavy atom. The van der Waals surface area contributed by atoms with Gasteiger partial charge in [0.2, 0.25) is 0 Å². The standard InChI is InChI=1S/C42H36/c1-32(23-24-33-15-7-4-8-16-33)39-21-13-2-3-14-22-40(37-27-25-36(26-28-37)34-17-9-5-10-18-34)41-30-29-38(31-42(39)41)35-19-11-6-12-20-35/h2-9,11-17,19-25,27,29-31H,1,10,18,26,28H2/b3-2?,13-2?,14-3?,21-13?,22-14?,24-23-,39-21?,40-22?,41-40?,42-39?. The number of allylic oxidation sites excluding steroid dienone is 10. The van der Waals surface area contributed by atoms with E-state index >= 15 is 0 Å². The molecule has 0 N–H and O–H groups in total. The molecule has 0 atom stereocenters. The van der Waals surface area contributed by atoms with Crippen molar-refractivity contribution in [2.24, 2.45) is 0 Å². The van der Waals surface area contributed by atoms with Gasteiger partial charge in [0.15, 0.2) is 0 Å². The summed E-state index contributed by atoms with van der Waals surface area (Å²) in [5, 5.41) is 2.43. The third-order valence-corrected chi connectivity index (χ3v) is 8.11. The van der Waals surface area contributed by atoms with E-state index in [2.05, 4.69) is 158 Å². The number of hydrogen-bond acceptors (Lipinski definition) is 0. The average Bonchev–Trinajstić information content (AvgIpc) is 3.06. The molecule has 0 amide bonds. The average molecular weight is 541 g/mol. The third kappa shape index (κ3) is 6.35. The van der Waals surface area contributed by atoms with Crippen molar-refractivity contribution in [3.8, 4) is 11.1 Å². The Morgan fingerprint density at radius 1 is 0.571 bits per heavy atom. The minimum absolute atomic E-state index is 0.982. The quantitative estimate of drug-likeness (QED) is 0.213. The van der Waals surface area contributed by atoms with Crippen LogP contribution in [-0.4, -0.2) is 0 Å². The molecule has 0 fully saturated rings. The molecule has 0 unspecified atom stereocenters. The van der Waals surface area contributed by atoms with E-state index in [4.69, 9.17) is 0 Å². The summed E-state index contributed by atoms with van der Waals surface area (Å²) in [5.74, 6) is 0. The lowest BCUT2D eigenvalue weighted by molar-refractivity contribution is 0.905. The van der Waals surface area contributed by atoms with Gasteiger partial charge in [-0.2, -0.15) is 0 Å². The van der Waals surface area contributed by atoms with E-state index in [1.807, 2.05) is 6.07 Å². The molecule has 0 saturated heterocycles. The van der Waals surface area contributed by atoms with Crippen LogP contribution in [0.4, 0.5) is 0 Å². The monoisotopic (exact) mass is 540 g/mol. The Labute approximate surface area is 250 Å². The molecular weight excluding hydrogens is 504 g/mol. The lowest BCUT2D eigenvalue weighted by Crippen LogP contribution is -1.99. The maximum absolute atomic E-state index is 4.56. The summed E-state index contributed by atoms with van der Waals surface area (Å²) < 4.78 is 0. The summed E-state index contributed by atoms with van der Waals surface area (Å²) in [6.45, 7) is 4.56. The molecule has 0 aliphatic heterocycles. The second-order valence-electron chi connectivity index (χ2n) is 10.9. The van der Waals surface area contributed by atoms with Crippen molar-refractivity contribution >= 4 is 28.0 Å². The van der Waals surface area contributed by atoms with E-state index in [1.165, 1.54) is 44.2 Å². The number of benzene rings is 3. The van der Waals surface area contributed by atoms with Crippen LogP contribution in [0, 0.1) is 0 Å². The fourth-order valence-corrected chi connectivity index (χ4v) is 5.83. The van der Waals surface area contributed by atoms with Gasteiger partial charge in [0.25, 0.3) is 0 Å². The number of fused-ring (bicyclic) bond motifs is 1. The first-order valence-corrected chi connectivity index (χ1v) is 14.9. The lowest BCUT2D eigenvalue weighted by atomic mass is 9.85. The molecule has 0 spiro atoms. The SMILES string of the molecule is C=C(/C=C\c1ccccc1)c1ccccccc(C2=CC=C(C3=CC=CCC3)CC2)c2ccc(-c3ccccc3)cc12. The van der Waals surface area contributed by atoms with Gasteiger partial charge in [-0.15, -0.1) is 0 Å². The zero-order valence-electron chi connectivity index (χ0n) is 24.0. The van der Waals surface area contributed by atoms with Crippen LogP contribution >= 0.6 is 0 Å². The Balaban J connectivity index is 1.55. The first-order valence-electron chi connectivity index (χ1n) is 14.9. The molecule has 42 heavy (non-hydrogen) atoms. The topological polar surface area (TPSA) is 0 Å². The third-order valence-electron chi connectivity index (χ3n) is 8.11. The fourth-order valence-electron chi connectivity index (χ4n) is 5.83. The van der Waals surface area contributed by atoms with Gasteiger partial charge in [-0.25, -0.2) is 0 Å². The summed E-state index contributed by atoms with van der Waals surface area (Å²) in [4.78, 5) is 0. The van der Waals surface area contributed by atoms with Gasteiger partial charge in [-0.05, 0) is 92.6 Å². The molecule has 4 aromatic carbocycles. The number of hydrogen-bond donors (Lipinski definition) is 0. The first-order chi connectivity index (χ1) is 20.8. The second-order valence-corrected chi connectivity index (χ2v) is 10.9. The Bertz CT molecular complexity index is 1810. The van der Waals surface area contributed by atoms with Gasteiger partial charge in [0, 0.05) is 0 Å². The molecular formula is C42H36. The molecule has 204 valence electrons. The van der Waals surface area contributed by atoms with Crippen LogP contribution in [0.5, 0.6) is 0 Å². The van der Waals surface area contributed by atoms with Gasteiger partial charge in [0.1, 0.15) is 0 Å². The van der Waals surface area contributed by atoms with Crippen molar-refractivity contribution in [3.63, 3.8) is 0 Å². The van der Waals surface area contributed by atoms with E-state index < -0.39 is 0 Å². The summed E-state index contributed by atoms with van der Waals surface area (Å²) in [7, 11) is 0. The van der Waals surface area contributed by atoms with Crippen molar-refractivity contribution in [2.45, 2.75) is 25.7 Å². The van der Waals surface area contributed by atoms with Crippen molar-refractivity contribution in [3.05, 3.63) is 186 Å². The van der Waals surface area contributed by atoms with Gasteiger partial charge in [-0.3, -0.25) is 0 Å². The zero-order valence-corrected chi connectivity index (χ0v) is 24.0. The largest absolute Gasteiger partial charge is 0.0911 e. The molecule has 0 saturated carbocycles. The Morgan fingerprint density at radius 2 is 1.24 bits per heavy atom. The summed E-state index contributed by atoms with van der Waals surface area (Å²) >= 11 is 0. The summed E-state index contributed by atoms with van der Waals surface area (Å²) in [6.07, 6.45) is 20.1. The normalized spacial score (nSPS) is 14.6. The molecule has 4 aromatic rings. The fraction of sp³-hybridized carbons (Fsp3) is 0.0952. The van der Waals surface area contributed by atoms with Crippen LogP contribution < -0.4 is 0 Å². The highest BCUT2D eigenvalue weighted by Gasteiger charge is 2.15. The van der Waals surface area contributed by atoms with Crippen molar-refractivity contribution in [1.29, 1.82) is 0 Å². The van der Waals surface area contributed by atoms with Crippen LogP contribution in [0.3, 0.4) is 0 Å². The van der Waals surface area contributed by atoms with Crippen molar-refractivity contribution in [2.75, 3.05) is 0 Å². The van der Waals surface area contributed by atoms with E-state index in [-0.39, 0.29) is 0 Å². The smallest absolute Gasteiger partial charge is 0.00933 e. The highest BCUT2D eigenvalue weighted by atomic mass is 14.2. The first kappa shape index (κ1) is 27.2. The van der Waals surface area contributed by atoms with E-state index in [9.17, 15) is 0 Å². The van der Waals surface area contributed by atoms with Gasteiger partial charge < -0.3 is 0 Å². The van der Waals surface area contributed by atoms with Crippen molar-refractivity contribution < 1.29 is 0 Å². The summed E-state index contributed by atoms with van der Waals surface area (Å²) in [6, 6.07) is 41.0. The van der Waals surface area contributed by atoms with E-state index in [1.54, 1.807) is 0 Å². The second kappa shape index (κ2) is 13.1. The van der Waals surface area contributed by atoms with Gasteiger partial charge >= 0.3 is 0 Å². The predicted molar refractivity (Wildman–Crippen MR) is 183 cm³/mol. The maximum Gasteiger partial charge on any atom is -0.00933 e. The minimum atomic E-state index is 0.982. The molecule has 0 nitrogen and oxygen atoms in total. The minimum Gasteiger partial charge on any atom is -0.0911 e. The molecule has 0 aromatic heterocycles. The Kier molecular flexibility index (Phi) is 8.53. The molecule has 0 radical (unpaired) electrons. The van der Waals surface area contributed by atoms with Crippen molar-refractivity contribution in [1.82, 2.24) is 0 Å². The van der Waals surface area contributed by atoms with Crippen LogP contribution in [0.25, 0.3) is 39.1 Å². The molecule has 0 heterocycles. The van der Waals surface area contributed by atoms with Crippen LogP contribution in [-0.2, 0) is 0 Å². The van der Waals surface area contributed by atoms with Crippen LogP contribution in [0.15, 0.2) is 169 Å². The van der Waals surface area contributed by atoms with E-state index in [0.717, 1.165) is 42.4 Å². The summed E-state index contributed by atoms with van der Waals surface area (Å²) in [5.41, 5.74) is 11.3. The molecule has 0 heteroatoms. The Hall–Kier alpha value is -4.94. The van der Waals surface area contributed by atoms with Gasteiger partial charge in [-0.1, -0.05) is 158 Å². The molecule has 2 aliphatic rings. The number of rotatable bonds is 6. The molecule has 0 bridgehead atoms. The van der Waals surface area contributed by atoms with Crippen LogP contribution in [0.1, 0.15) is 42.4 Å². The maximum atomic E-state index is 4.56. The van der Waals surface area contributed by atoms with E-state index in [0.29, 0.717) is 0 Å². The van der Waals surface area contributed by atoms with Gasteiger partial charge in [0.05, 0.1) is 0 Å². The highest BCUT2D eigenvalue weighted by molar-refractivity contribution is 6.02. The molecule has 2 aliphatic carbocycles.